The number of nitrogens with zero attached hydrogens (tertiary/aromatic N) is 1. The summed E-state index contributed by atoms with van der Waals surface area (Å²) in [6.07, 6.45) is 1.02. The number of hydrogen-bond acceptors (Lipinski definition) is 2. The zero-order chi connectivity index (χ0) is 15.1. The average Bonchev–Trinajstić information content (AvgIpc) is 2.38. The lowest BCUT2D eigenvalue weighted by atomic mass is 9.97. The van der Waals surface area contributed by atoms with Crippen molar-refractivity contribution in [2.24, 2.45) is 0 Å². The molecule has 1 rings (SSSR count). The highest BCUT2D eigenvalue weighted by Crippen LogP contribution is 2.21. The maximum absolute atomic E-state index is 12.0. The van der Waals surface area contributed by atoms with Gasteiger partial charge in [-0.05, 0) is 30.0 Å². The van der Waals surface area contributed by atoms with E-state index in [1.54, 1.807) is 11.9 Å². The van der Waals surface area contributed by atoms with Crippen LogP contribution in [-0.4, -0.2) is 35.5 Å². The second kappa shape index (κ2) is 8.04. The summed E-state index contributed by atoms with van der Waals surface area (Å²) >= 11 is 3.39. The summed E-state index contributed by atoms with van der Waals surface area (Å²) in [6, 6.07) is 7.94. The molecule has 1 unspecified atom stereocenters. The highest BCUT2D eigenvalue weighted by atomic mass is 79.9. The van der Waals surface area contributed by atoms with Gasteiger partial charge in [-0.2, -0.15) is 0 Å². The molecule has 0 bridgehead atoms. The topological polar surface area (TPSA) is 57.6 Å². The molecule has 1 amide bonds. The smallest absolute Gasteiger partial charge is 0.303 e. The van der Waals surface area contributed by atoms with Gasteiger partial charge in [-0.1, -0.05) is 35.0 Å². The maximum atomic E-state index is 12.0. The number of carboxylic acids is 1. The highest BCUT2D eigenvalue weighted by molar-refractivity contribution is 9.10. The van der Waals surface area contributed by atoms with Crippen LogP contribution in [0.4, 0.5) is 0 Å². The predicted molar refractivity (Wildman–Crippen MR) is 81.7 cm³/mol. The van der Waals surface area contributed by atoms with Crippen molar-refractivity contribution < 1.29 is 14.7 Å². The Bertz CT molecular complexity index is 459. The molecule has 1 atom stereocenters. The van der Waals surface area contributed by atoms with Crippen molar-refractivity contribution in [3.05, 3.63) is 34.3 Å². The lowest BCUT2D eigenvalue weighted by Gasteiger charge is -2.19. The Morgan fingerprint density at radius 3 is 2.45 bits per heavy atom. The molecule has 0 aliphatic heterocycles. The van der Waals surface area contributed by atoms with Crippen LogP contribution >= 0.6 is 15.9 Å². The van der Waals surface area contributed by atoms with Crippen LogP contribution in [0.15, 0.2) is 28.7 Å². The van der Waals surface area contributed by atoms with Crippen LogP contribution in [0.2, 0.25) is 0 Å². The minimum absolute atomic E-state index is 0.0470. The molecule has 0 aromatic heterocycles. The third-order valence-electron chi connectivity index (χ3n) is 3.23. The summed E-state index contributed by atoms with van der Waals surface area (Å²) in [7, 11) is 1.72. The zero-order valence-corrected chi connectivity index (χ0v) is 13.4. The number of carbonyl (C=O) groups is 2. The van der Waals surface area contributed by atoms with Crippen molar-refractivity contribution in [1.82, 2.24) is 4.90 Å². The maximum Gasteiger partial charge on any atom is 0.303 e. The van der Waals surface area contributed by atoms with E-state index in [0.29, 0.717) is 19.4 Å². The van der Waals surface area contributed by atoms with Gasteiger partial charge in [0.1, 0.15) is 0 Å². The number of amides is 1. The van der Waals surface area contributed by atoms with E-state index in [0.717, 1.165) is 10.0 Å². The normalized spacial score (nSPS) is 11.9. The molecule has 4 nitrogen and oxygen atoms in total. The third-order valence-corrected chi connectivity index (χ3v) is 3.76. The summed E-state index contributed by atoms with van der Waals surface area (Å²) in [6.45, 7) is 2.50. The molecule has 0 aliphatic rings. The Morgan fingerprint density at radius 1 is 1.30 bits per heavy atom. The van der Waals surface area contributed by atoms with Crippen LogP contribution in [0.5, 0.6) is 0 Å². The predicted octanol–water partition coefficient (Wildman–Crippen LogP) is 3.27. The van der Waals surface area contributed by atoms with Crippen molar-refractivity contribution in [3.8, 4) is 0 Å². The fraction of sp³-hybridized carbons (Fsp3) is 0.467. The van der Waals surface area contributed by atoms with Gasteiger partial charge in [-0.15, -0.1) is 0 Å². The molecule has 0 spiro atoms. The molecular weight excluding hydrogens is 322 g/mol. The summed E-state index contributed by atoms with van der Waals surface area (Å²) in [5, 5.41) is 8.57. The van der Waals surface area contributed by atoms with Gasteiger partial charge in [0.25, 0.3) is 0 Å². The fourth-order valence-electron chi connectivity index (χ4n) is 1.92. The number of carbonyl (C=O) groups excluding carboxylic acids is 1. The number of rotatable bonds is 7. The van der Waals surface area contributed by atoms with Crippen molar-refractivity contribution in [2.75, 3.05) is 13.6 Å². The van der Waals surface area contributed by atoms with Crippen molar-refractivity contribution in [2.45, 2.75) is 32.1 Å². The van der Waals surface area contributed by atoms with E-state index in [2.05, 4.69) is 15.9 Å². The van der Waals surface area contributed by atoms with Gasteiger partial charge in [0.05, 0.1) is 0 Å². The number of hydrogen-bond donors (Lipinski definition) is 1. The Balaban J connectivity index is 2.44. The van der Waals surface area contributed by atoms with Crippen LogP contribution in [0.3, 0.4) is 0 Å². The summed E-state index contributed by atoms with van der Waals surface area (Å²) in [5.41, 5.74) is 1.13. The van der Waals surface area contributed by atoms with E-state index in [4.69, 9.17) is 5.11 Å². The van der Waals surface area contributed by atoms with Gasteiger partial charge < -0.3 is 10.0 Å². The van der Waals surface area contributed by atoms with Gasteiger partial charge in [0.2, 0.25) is 5.91 Å². The molecular formula is C15H20BrNO3. The first-order chi connectivity index (χ1) is 9.40. The first-order valence-corrected chi connectivity index (χ1v) is 7.40. The van der Waals surface area contributed by atoms with Crippen molar-refractivity contribution in [1.29, 1.82) is 0 Å². The molecule has 20 heavy (non-hydrogen) atoms. The minimum atomic E-state index is -0.825. The van der Waals surface area contributed by atoms with Crippen LogP contribution in [0.25, 0.3) is 0 Å². The van der Waals surface area contributed by atoms with E-state index < -0.39 is 5.97 Å². The largest absolute Gasteiger partial charge is 0.481 e. The first kappa shape index (κ1) is 16.7. The molecule has 0 fully saturated rings. The number of aliphatic carboxylic acids is 1. The van der Waals surface area contributed by atoms with Crippen LogP contribution < -0.4 is 0 Å². The third kappa shape index (κ3) is 5.74. The Kier molecular flexibility index (Phi) is 6.71. The highest BCUT2D eigenvalue weighted by Gasteiger charge is 2.15. The first-order valence-electron chi connectivity index (χ1n) is 6.61. The van der Waals surface area contributed by atoms with E-state index in [-0.39, 0.29) is 18.2 Å². The Hall–Kier alpha value is -1.36. The van der Waals surface area contributed by atoms with Gasteiger partial charge in [-0.25, -0.2) is 0 Å². The van der Waals surface area contributed by atoms with Crippen molar-refractivity contribution in [3.63, 3.8) is 0 Å². The molecule has 0 aliphatic carbocycles. The van der Waals surface area contributed by atoms with Crippen molar-refractivity contribution >= 4 is 27.8 Å². The van der Waals surface area contributed by atoms with Gasteiger partial charge in [0, 0.05) is 30.9 Å². The quantitative estimate of drug-likeness (QED) is 0.827. The lowest BCUT2D eigenvalue weighted by Crippen LogP contribution is -2.29. The van der Waals surface area contributed by atoms with E-state index in [9.17, 15) is 9.59 Å². The minimum Gasteiger partial charge on any atom is -0.481 e. The van der Waals surface area contributed by atoms with Gasteiger partial charge in [-0.3, -0.25) is 9.59 Å². The summed E-state index contributed by atoms with van der Waals surface area (Å²) < 4.78 is 1.02. The second-order valence-electron chi connectivity index (χ2n) is 4.97. The van der Waals surface area contributed by atoms with E-state index in [1.807, 2.05) is 31.2 Å². The molecule has 5 heteroatoms. The standard InChI is InChI=1S/C15H20BrNO3/c1-11(12-5-7-13(16)8-6-12)10-14(18)17(2)9-3-4-15(19)20/h5-8,11H,3-4,9-10H2,1-2H3,(H,19,20). The SMILES string of the molecule is CC(CC(=O)N(C)CCCC(=O)O)c1ccc(Br)cc1. The number of halogens is 1. The molecule has 0 radical (unpaired) electrons. The zero-order valence-electron chi connectivity index (χ0n) is 11.8. The molecule has 0 saturated carbocycles. The van der Waals surface area contributed by atoms with Crippen LogP contribution in [0.1, 0.15) is 37.7 Å². The number of benzene rings is 1. The molecule has 0 heterocycles. The molecule has 0 saturated heterocycles. The molecule has 1 aromatic rings. The molecule has 110 valence electrons. The number of carboxylic acid groups (broad SMARTS) is 1. The fourth-order valence-corrected chi connectivity index (χ4v) is 2.18. The van der Waals surface area contributed by atoms with E-state index in [1.165, 1.54) is 0 Å². The lowest BCUT2D eigenvalue weighted by molar-refractivity contribution is -0.138. The average molecular weight is 342 g/mol. The second-order valence-corrected chi connectivity index (χ2v) is 5.88. The Labute approximate surface area is 127 Å². The Morgan fingerprint density at radius 2 is 1.90 bits per heavy atom. The van der Waals surface area contributed by atoms with Crippen LogP contribution in [-0.2, 0) is 9.59 Å². The van der Waals surface area contributed by atoms with E-state index >= 15 is 0 Å². The molecule has 1 N–H and O–H groups in total. The summed E-state index contributed by atoms with van der Waals surface area (Å²) in [5.74, 6) is -0.627. The summed E-state index contributed by atoms with van der Waals surface area (Å²) in [4.78, 5) is 24.1. The van der Waals surface area contributed by atoms with Gasteiger partial charge >= 0.3 is 5.97 Å². The molecule has 1 aromatic carbocycles. The monoisotopic (exact) mass is 341 g/mol. The van der Waals surface area contributed by atoms with Gasteiger partial charge in [0.15, 0.2) is 0 Å². The van der Waals surface area contributed by atoms with Crippen LogP contribution in [0, 0.1) is 0 Å².